The first-order valence-corrected chi connectivity index (χ1v) is 13.1. The predicted octanol–water partition coefficient (Wildman–Crippen LogP) is 3.36. The van der Waals surface area contributed by atoms with E-state index in [1.54, 1.807) is 12.3 Å². The van der Waals surface area contributed by atoms with Crippen LogP contribution in [0.4, 0.5) is 0 Å². The first kappa shape index (κ1) is 21.1. The maximum atomic E-state index is 9.08. The van der Waals surface area contributed by atoms with Crippen LogP contribution in [0, 0.1) is 0 Å². The van der Waals surface area contributed by atoms with Crippen LogP contribution in [0.1, 0.15) is 27.7 Å². The molecule has 0 aromatic heterocycles. The quantitative estimate of drug-likeness (QED) is 0.534. The van der Waals surface area contributed by atoms with Gasteiger partial charge in [0.25, 0.3) is 0 Å². The van der Waals surface area contributed by atoms with Gasteiger partial charge in [0.2, 0.25) is 0 Å². The van der Waals surface area contributed by atoms with Gasteiger partial charge in [-0.25, -0.2) is 8.42 Å². The summed E-state index contributed by atoms with van der Waals surface area (Å²) in [6, 6.07) is 0. The topological polar surface area (TPSA) is 57.2 Å². The maximum Gasteiger partial charge on any atom is 0.0916 e. The summed E-state index contributed by atoms with van der Waals surface area (Å²) in [6.45, 7) is 12.1. The van der Waals surface area contributed by atoms with Crippen molar-refractivity contribution in [3.63, 3.8) is 0 Å². The van der Waals surface area contributed by atoms with Crippen LogP contribution in [-0.4, -0.2) is 62.9 Å². The van der Waals surface area contributed by atoms with E-state index in [1.807, 2.05) is 0 Å². The van der Waals surface area contributed by atoms with Crippen molar-refractivity contribution in [1.29, 1.82) is 0 Å². The molecule has 0 fully saturated rings. The maximum absolute atomic E-state index is 9.08. The van der Waals surface area contributed by atoms with Crippen molar-refractivity contribution in [2.75, 3.05) is 49.9 Å². The zero-order valence-corrected chi connectivity index (χ0v) is 15.4. The van der Waals surface area contributed by atoms with Crippen LogP contribution in [0.15, 0.2) is 0 Å². The second-order valence-corrected chi connectivity index (χ2v) is 14.1. The van der Waals surface area contributed by atoms with E-state index >= 15 is 0 Å². The molecule has 18 heavy (non-hydrogen) atoms. The van der Waals surface area contributed by atoms with Crippen LogP contribution < -0.4 is 0 Å². The largest absolute Gasteiger partial charge is 0.748 e. The lowest BCUT2D eigenvalue weighted by Crippen LogP contribution is -2.06. The van der Waals surface area contributed by atoms with Gasteiger partial charge in [0, 0.05) is 26.3 Å². The molecule has 0 heterocycles. The van der Waals surface area contributed by atoms with Crippen molar-refractivity contribution in [2.45, 2.75) is 27.7 Å². The molecule has 0 atom stereocenters. The third kappa shape index (κ3) is 14.8. The summed E-state index contributed by atoms with van der Waals surface area (Å²) in [5.74, 6) is 0. The number of hydrogen-bond acceptors (Lipinski definition) is 3. The van der Waals surface area contributed by atoms with Crippen molar-refractivity contribution < 1.29 is 13.0 Å². The highest BCUT2D eigenvalue weighted by atomic mass is 32.2. The van der Waals surface area contributed by atoms with Gasteiger partial charge in [-0.15, -0.1) is 7.92 Å². The van der Waals surface area contributed by atoms with Gasteiger partial charge >= 0.3 is 0 Å². The summed E-state index contributed by atoms with van der Waals surface area (Å²) in [7, 11) is -4.02. The highest BCUT2D eigenvalue weighted by Crippen LogP contribution is 2.56. The molecule has 0 aliphatic rings. The van der Waals surface area contributed by atoms with Gasteiger partial charge in [-0.1, -0.05) is 13.8 Å². The fourth-order valence-electron chi connectivity index (χ4n) is 1.46. The summed E-state index contributed by atoms with van der Waals surface area (Å²) >= 11 is 0. The van der Waals surface area contributed by atoms with E-state index in [0.29, 0.717) is 14.2 Å². The molecule has 0 aliphatic heterocycles. The van der Waals surface area contributed by atoms with Gasteiger partial charge < -0.3 is 4.55 Å². The fraction of sp³-hybridized carbons (Fsp3) is 1.00. The minimum atomic E-state index is -3.92. The molecule has 0 rings (SSSR count). The van der Waals surface area contributed by atoms with E-state index < -0.39 is 17.4 Å². The van der Waals surface area contributed by atoms with Crippen molar-refractivity contribution in [3.8, 4) is 0 Å². The van der Waals surface area contributed by atoms with Gasteiger partial charge in [-0.2, -0.15) is 0 Å². The lowest BCUT2D eigenvalue weighted by Gasteiger charge is -2.22. The Balaban J connectivity index is 0. The third-order valence-electron chi connectivity index (χ3n) is 3.38. The Morgan fingerprint density at radius 2 is 1.39 bits per heavy atom. The standard InChI is InChI=1S/C11H27P2.CH4O3S/c1-6-12(7-2)10-11-13(5,8-3)9-4;1-5(2,3)4/h6-11H2,1-5H3;1H3,(H,2,3,4)/q+1;/p-1. The molecule has 0 amide bonds. The molecular formula is C12H30O3P2S. The van der Waals surface area contributed by atoms with Crippen molar-refractivity contribution >= 4 is 25.3 Å². The summed E-state index contributed by atoms with van der Waals surface area (Å²) in [5, 5.41) is 0. The van der Waals surface area contributed by atoms with Crippen LogP contribution in [0.25, 0.3) is 0 Å². The first-order chi connectivity index (χ1) is 8.11. The molecule has 0 radical (unpaired) electrons. The van der Waals surface area contributed by atoms with E-state index in [1.165, 1.54) is 24.6 Å². The second-order valence-electron chi connectivity index (χ2n) is 4.71. The molecule has 0 aromatic carbocycles. The summed E-state index contributed by atoms with van der Waals surface area (Å²) < 4.78 is 27.2. The zero-order valence-electron chi connectivity index (χ0n) is 12.8. The van der Waals surface area contributed by atoms with Crippen molar-refractivity contribution in [2.24, 2.45) is 0 Å². The smallest absolute Gasteiger partial charge is 0.0916 e. The van der Waals surface area contributed by atoms with Gasteiger partial charge in [0.15, 0.2) is 0 Å². The summed E-state index contributed by atoms with van der Waals surface area (Å²) in [4.78, 5) is 0. The molecule has 0 N–H and O–H groups in total. The first-order valence-electron chi connectivity index (χ1n) is 6.58. The molecule has 0 spiro atoms. The van der Waals surface area contributed by atoms with Gasteiger partial charge in [0.1, 0.15) is 0 Å². The molecule has 0 bridgehead atoms. The van der Waals surface area contributed by atoms with Gasteiger partial charge in [0.05, 0.1) is 28.6 Å². The average Bonchev–Trinajstić information content (AvgIpc) is 2.28. The molecule has 0 saturated heterocycles. The van der Waals surface area contributed by atoms with Crippen molar-refractivity contribution in [3.05, 3.63) is 0 Å². The lowest BCUT2D eigenvalue weighted by molar-refractivity contribution is 0.470. The summed E-state index contributed by atoms with van der Waals surface area (Å²) in [6.07, 6.45) is 9.52. The van der Waals surface area contributed by atoms with E-state index in [-0.39, 0.29) is 0 Å². The average molecular weight is 316 g/mol. The zero-order chi connectivity index (χ0) is 14.8. The van der Waals surface area contributed by atoms with Gasteiger partial charge in [-0.3, -0.25) is 0 Å². The van der Waals surface area contributed by atoms with Crippen LogP contribution in [-0.2, 0) is 10.1 Å². The van der Waals surface area contributed by atoms with Crippen LogP contribution in [0.2, 0.25) is 0 Å². The molecule has 3 nitrogen and oxygen atoms in total. The van der Waals surface area contributed by atoms with Crippen molar-refractivity contribution in [1.82, 2.24) is 0 Å². The molecule has 112 valence electrons. The Kier molecular flexibility index (Phi) is 12.3. The Hall–Kier alpha value is 0.770. The lowest BCUT2D eigenvalue weighted by atomic mass is 10.9. The Labute approximate surface area is 116 Å². The molecule has 0 aromatic rings. The normalized spacial score (nSPS) is 12.2. The third-order valence-corrected chi connectivity index (χ3v) is 10.7. The molecule has 0 saturated carbocycles. The minimum Gasteiger partial charge on any atom is -0.748 e. The predicted molar refractivity (Wildman–Crippen MR) is 87.3 cm³/mol. The van der Waals surface area contributed by atoms with E-state index in [9.17, 15) is 0 Å². The van der Waals surface area contributed by atoms with Crippen LogP contribution >= 0.6 is 15.2 Å². The Morgan fingerprint density at radius 3 is 1.61 bits per heavy atom. The number of rotatable bonds is 7. The minimum absolute atomic E-state index is 0.396. The highest BCUT2D eigenvalue weighted by Gasteiger charge is 2.26. The Bertz CT molecular complexity index is 276. The Morgan fingerprint density at radius 1 is 1.06 bits per heavy atom. The van der Waals surface area contributed by atoms with Crippen LogP contribution in [0.5, 0.6) is 0 Å². The van der Waals surface area contributed by atoms with E-state index in [4.69, 9.17) is 13.0 Å². The van der Waals surface area contributed by atoms with E-state index in [0.717, 1.165) is 0 Å². The molecule has 0 unspecified atom stereocenters. The molecular weight excluding hydrogens is 286 g/mol. The van der Waals surface area contributed by atoms with Gasteiger partial charge in [-0.05, 0) is 26.2 Å². The highest BCUT2D eigenvalue weighted by molar-refractivity contribution is 7.84. The SMILES string of the molecule is CCP(CC)CC[P+](C)(CC)CC.CS(=O)(=O)[O-]. The van der Waals surface area contributed by atoms with Crippen LogP contribution in [0.3, 0.4) is 0 Å². The second kappa shape index (κ2) is 10.5. The summed E-state index contributed by atoms with van der Waals surface area (Å²) in [5.41, 5.74) is 0. The molecule has 0 aliphatic carbocycles. The molecule has 6 heteroatoms. The number of hydrogen-bond donors (Lipinski definition) is 0. The van der Waals surface area contributed by atoms with E-state index in [2.05, 4.69) is 34.4 Å². The fourth-order valence-corrected chi connectivity index (χ4v) is 6.68. The monoisotopic (exact) mass is 316 g/mol.